The third-order valence-corrected chi connectivity index (χ3v) is 3.46. The van der Waals surface area contributed by atoms with E-state index in [1.807, 2.05) is 37.3 Å². The highest BCUT2D eigenvalue weighted by Gasteiger charge is 2.13. The summed E-state index contributed by atoms with van der Waals surface area (Å²) in [5.41, 5.74) is 1.71. The molecule has 0 aliphatic heterocycles. The van der Waals surface area contributed by atoms with E-state index in [0.717, 1.165) is 10.9 Å². The van der Waals surface area contributed by atoms with Crippen LogP contribution in [0.3, 0.4) is 0 Å². The van der Waals surface area contributed by atoms with Crippen molar-refractivity contribution in [3.8, 4) is 5.75 Å². The third-order valence-electron chi connectivity index (χ3n) is 3.15. The van der Waals surface area contributed by atoms with Crippen LogP contribution in [-0.2, 0) is 0 Å². The fourth-order valence-electron chi connectivity index (χ4n) is 2.05. The SMILES string of the molecule is Cc1ccc(Cl)c(OCC(=O)c2cc3ccccc3o2)c1. The molecule has 0 radical (unpaired) electrons. The molecule has 0 saturated heterocycles. The number of ketones is 1. The molecule has 106 valence electrons. The van der Waals surface area contributed by atoms with Crippen LogP contribution in [0.15, 0.2) is 52.9 Å². The number of ether oxygens (including phenoxy) is 1. The smallest absolute Gasteiger partial charge is 0.235 e. The number of benzene rings is 2. The average Bonchev–Trinajstić information content (AvgIpc) is 2.92. The summed E-state index contributed by atoms with van der Waals surface area (Å²) in [5.74, 6) is 0.574. The van der Waals surface area contributed by atoms with Crippen LogP contribution in [0, 0.1) is 6.92 Å². The zero-order valence-electron chi connectivity index (χ0n) is 11.4. The number of fused-ring (bicyclic) bond motifs is 1. The normalized spacial score (nSPS) is 10.8. The zero-order valence-corrected chi connectivity index (χ0v) is 12.2. The summed E-state index contributed by atoms with van der Waals surface area (Å²) in [6.07, 6.45) is 0. The van der Waals surface area contributed by atoms with Gasteiger partial charge in [0.05, 0.1) is 5.02 Å². The lowest BCUT2D eigenvalue weighted by Gasteiger charge is -2.07. The van der Waals surface area contributed by atoms with E-state index in [9.17, 15) is 4.79 Å². The maximum Gasteiger partial charge on any atom is 0.235 e. The van der Waals surface area contributed by atoms with E-state index in [1.54, 1.807) is 18.2 Å². The van der Waals surface area contributed by atoms with Crippen LogP contribution in [0.4, 0.5) is 0 Å². The van der Waals surface area contributed by atoms with Crippen molar-refractivity contribution in [1.82, 2.24) is 0 Å². The van der Waals surface area contributed by atoms with Gasteiger partial charge in [-0.1, -0.05) is 35.9 Å². The van der Waals surface area contributed by atoms with E-state index in [0.29, 0.717) is 22.1 Å². The molecule has 2 aromatic carbocycles. The van der Waals surface area contributed by atoms with Gasteiger partial charge >= 0.3 is 0 Å². The van der Waals surface area contributed by atoms with E-state index in [-0.39, 0.29) is 12.4 Å². The van der Waals surface area contributed by atoms with E-state index < -0.39 is 0 Å². The first-order valence-electron chi connectivity index (χ1n) is 6.54. The Bertz CT molecular complexity index is 772. The van der Waals surface area contributed by atoms with Gasteiger partial charge in [0.2, 0.25) is 5.78 Å². The van der Waals surface area contributed by atoms with Gasteiger partial charge in [-0.15, -0.1) is 0 Å². The Labute approximate surface area is 127 Å². The summed E-state index contributed by atoms with van der Waals surface area (Å²) in [5, 5.41) is 1.38. The van der Waals surface area contributed by atoms with Crippen molar-refractivity contribution in [2.24, 2.45) is 0 Å². The quantitative estimate of drug-likeness (QED) is 0.658. The Hall–Kier alpha value is -2.26. The second kappa shape index (κ2) is 5.62. The van der Waals surface area contributed by atoms with Crippen LogP contribution in [-0.4, -0.2) is 12.4 Å². The minimum absolute atomic E-state index is 0.108. The second-order valence-electron chi connectivity index (χ2n) is 4.79. The molecule has 1 heterocycles. The van der Waals surface area contributed by atoms with Crippen LogP contribution in [0.2, 0.25) is 5.02 Å². The summed E-state index contributed by atoms with van der Waals surface area (Å²) >= 11 is 6.03. The molecule has 0 unspecified atom stereocenters. The Balaban J connectivity index is 1.75. The van der Waals surface area contributed by atoms with E-state index in [4.69, 9.17) is 20.8 Å². The lowest BCUT2D eigenvalue weighted by molar-refractivity contribution is 0.0896. The van der Waals surface area contributed by atoms with Crippen molar-refractivity contribution in [3.63, 3.8) is 0 Å². The standard InChI is InChI=1S/C17H13ClO3/c1-11-6-7-13(18)16(8-11)20-10-14(19)17-9-12-4-2-3-5-15(12)21-17/h2-9H,10H2,1H3. The monoisotopic (exact) mass is 300 g/mol. The molecular weight excluding hydrogens is 288 g/mol. The highest BCUT2D eigenvalue weighted by Crippen LogP contribution is 2.26. The zero-order chi connectivity index (χ0) is 14.8. The molecular formula is C17H13ClO3. The van der Waals surface area contributed by atoms with Gasteiger partial charge in [-0.2, -0.15) is 0 Å². The van der Waals surface area contributed by atoms with Gasteiger partial charge in [0.1, 0.15) is 11.3 Å². The predicted molar refractivity (Wildman–Crippen MR) is 82.2 cm³/mol. The second-order valence-corrected chi connectivity index (χ2v) is 5.20. The highest BCUT2D eigenvalue weighted by molar-refractivity contribution is 6.32. The van der Waals surface area contributed by atoms with E-state index in [1.165, 1.54) is 0 Å². The van der Waals surface area contributed by atoms with Crippen molar-refractivity contribution in [2.45, 2.75) is 6.92 Å². The molecule has 0 fully saturated rings. The Morgan fingerprint density at radius 2 is 2.00 bits per heavy atom. The van der Waals surface area contributed by atoms with Gasteiger partial charge in [0.15, 0.2) is 12.4 Å². The molecule has 3 nitrogen and oxygen atoms in total. The highest BCUT2D eigenvalue weighted by atomic mass is 35.5. The number of para-hydroxylation sites is 1. The van der Waals surface area contributed by atoms with Crippen molar-refractivity contribution in [1.29, 1.82) is 0 Å². The number of carbonyl (C=O) groups is 1. The number of aryl methyl sites for hydroxylation is 1. The van der Waals surface area contributed by atoms with Gasteiger partial charge in [-0.3, -0.25) is 4.79 Å². The number of halogens is 1. The minimum Gasteiger partial charge on any atom is -0.484 e. The van der Waals surface area contributed by atoms with Crippen LogP contribution >= 0.6 is 11.6 Å². The number of rotatable bonds is 4. The number of hydrogen-bond donors (Lipinski definition) is 0. The maximum absolute atomic E-state index is 12.1. The van der Waals surface area contributed by atoms with Crippen LogP contribution in [0.25, 0.3) is 11.0 Å². The number of carbonyl (C=O) groups excluding carboxylic acids is 1. The summed E-state index contributed by atoms with van der Waals surface area (Å²) in [4.78, 5) is 12.1. The molecule has 0 atom stereocenters. The molecule has 0 bridgehead atoms. The van der Waals surface area contributed by atoms with E-state index in [2.05, 4.69) is 0 Å². The molecule has 0 saturated carbocycles. The van der Waals surface area contributed by atoms with Crippen molar-refractivity contribution in [2.75, 3.05) is 6.61 Å². The lowest BCUT2D eigenvalue weighted by Crippen LogP contribution is -2.11. The van der Waals surface area contributed by atoms with Crippen molar-refractivity contribution < 1.29 is 13.9 Å². The molecule has 0 aliphatic rings. The Kier molecular flexibility index (Phi) is 3.67. The summed E-state index contributed by atoms with van der Waals surface area (Å²) in [7, 11) is 0. The van der Waals surface area contributed by atoms with Gasteiger partial charge < -0.3 is 9.15 Å². The molecule has 0 spiro atoms. The molecule has 3 aromatic rings. The first-order chi connectivity index (χ1) is 10.1. The van der Waals surface area contributed by atoms with Gasteiger partial charge in [-0.25, -0.2) is 0 Å². The predicted octanol–water partition coefficient (Wildman–Crippen LogP) is 4.66. The van der Waals surface area contributed by atoms with Crippen molar-refractivity contribution in [3.05, 3.63) is 64.9 Å². The molecule has 0 aliphatic carbocycles. The van der Waals surface area contributed by atoms with Crippen molar-refractivity contribution >= 4 is 28.4 Å². The first-order valence-corrected chi connectivity index (χ1v) is 6.92. The molecule has 4 heteroatoms. The molecule has 21 heavy (non-hydrogen) atoms. The molecule has 0 N–H and O–H groups in total. The Morgan fingerprint density at radius 1 is 1.19 bits per heavy atom. The number of furan rings is 1. The Morgan fingerprint density at radius 3 is 2.81 bits per heavy atom. The van der Waals surface area contributed by atoms with Gasteiger partial charge in [-0.05, 0) is 36.8 Å². The molecule has 1 aromatic heterocycles. The average molecular weight is 301 g/mol. The molecule has 0 amide bonds. The van der Waals surface area contributed by atoms with Crippen LogP contribution in [0.1, 0.15) is 16.1 Å². The first kappa shape index (κ1) is 13.7. The number of Topliss-reactive ketones (excluding diaryl/α,β-unsaturated/α-hetero) is 1. The van der Waals surface area contributed by atoms with E-state index >= 15 is 0 Å². The summed E-state index contributed by atoms with van der Waals surface area (Å²) in [6, 6.07) is 14.6. The van der Waals surface area contributed by atoms with Crippen LogP contribution < -0.4 is 4.74 Å². The van der Waals surface area contributed by atoms with Crippen LogP contribution in [0.5, 0.6) is 5.75 Å². The summed E-state index contributed by atoms with van der Waals surface area (Å²) in [6.45, 7) is 1.83. The van der Waals surface area contributed by atoms with Gasteiger partial charge in [0.25, 0.3) is 0 Å². The topological polar surface area (TPSA) is 39.4 Å². The third kappa shape index (κ3) is 2.93. The minimum atomic E-state index is -0.219. The summed E-state index contributed by atoms with van der Waals surface area (Å²) < 4.78 is 11.0. The lowest BCUT2D eigenvalue weighted by atomic mass is 10.2. The molecule has 3 rings (SSSR count). The fraction of sp³-hybridized carbons (Fsp3) is 0.118. The number of hydrogen-bond acceptors (Lipinski definition) is 3. The largest absolute Gasteiger partial charge is 0.484 e. The van der Waals surface area contributed by atoms with Gasteiger partial charge in [0, 0.05) is 5.39 Å². The maximum atomic E-state index is 12.1. The fourth-order valence-corrected chi connectivity index (χ4v) is 2.23.